The van der Waals surface area contributed by atoms with E-state index in [0.717, 1.165) is 0 Å². The molecule has 0 amide bonds. The average Bonchev–Trinajstić information content (AvgIpc) is 2.51. The van der Waals surface area contributed by atoms with Crippen molar-refractivity contribution in [1.29, 1.82) is 0 Å². The normalized spacial score (nSPS) is 17.4. The van der Waals surface area contributed by atoms with Crippen LogP contribution in [0.25, 0.3) is 0 Å². The van der Waals surface area contributed by atoms with Crippen LogP contribution in [0.3, 0.4) is 0 Å². The van der Waals surface area contributed by atoms with E-state index in [9.17, 15) is 19.2 Å². The second-order valence-corrected chi connectivity index (χ2v) is 5.99. The molecule has 3 unspecified atom stereocenters. The zero-order valence-corrected chi connectivity index (χ0v) is 14.1. The second-order valence-electron chi connectivity index (χ2n) is 5.99. The van der Waals surface area contributed by atoms with Gasteiger partial charge in [0.05, 0.1) is 6.04 Å². The van der Waals surface area contributed by atoms with Crippen molar-refractivity contribution in [2.24, 2.45) is 17.2 Å². The van der Waals surface area contributed by atoms with E-state index in [1.165, 1.54) is 0 Å². The van der Waals surface area contributed by atoms with Gasteiger partial charge in [-0.15, -0.1) is 0 Å². The Kier molecular flexibility index (Phi) is 8.18. The molecule has 0 rings (SSSR count). The van der Waals surface area contributed by atoms with Crippen LogP contribution in [0, 0.1) is 0 Å². The lowest BCUT2D eigenvalue weighted by Gasteiger charge is -2.27. The molecule has 0 aromatic heterocycles. The highest BCUT2D eigenvalue weighted by Gasteiger charge is 2.45. The number of carbonyl (C=O) groups is 4. The van der Waals surface area contributed by atoms with Gasteiger partial charge in [0, 0.05) is 6.42 Å². The molecule has 0 aromatic rings. The average molecular weight is 345 g/mol. The maximum Gasteiger partial charge on any atom is 0.331 e. The Labute approximate surface area is 140 Å². The van der Waals surface area contributed by atoms with E-state index in [1.54, 1.807) is 13.8 Å². The molecule has 0 spiro atoms. The molecule has 0 aliphatic rings. The number of carboxylic acids is 2. The van der Waals surface area contributed by atoms with Gasteiger partial charge in [-0.05, 0) is 19.3 Å². The lowest BCUT2D eigenvalue weighted by molar-refractivity contribution is -0.149. The smallest absolute Gasteiger partial charge is 0.331 e. The minimum Gasteiger partial charge on any atom is -0.480 e. The molecule has 9 nitrogen and oxygen atoms in total. The van der Waals surface area contributed by atoms with Gasteiger partial charge in [-0.25, -0.2) is 9.59 Å². The summed E-state index contributed by atoms with van der Waals surface area (Å²) < 4.78 is 0. The van der Waals surface area contributed by atoms with Gasteiger partial charge in [0.1, 0.15) is 0 Å². The van der Waals surface area contributed by atoms with Gasteiger partial charge in [-0.2, -0.15) is 0 Å². The third kappa shape index (κ3) is 4.83. The molecule has 9 heteroatoms. The fourth-order valence-corrected chi connectivity index (χ4v) is 2.46. The Balaban J connectivity index is 5.03. The molecule has 24 heavy (non-hydrogen) atoms. The molecule has 0 radical (unpaired) electrons. The first-order valence-electron chi connectivity index (χ1n) is 7.85. The number of hydrogen-bond acceptors (Lipinski definition) is 7. The molecule has 138 valence electrons. The van der Waals surface area contributed by atoms with Crippen molar-refractivity contribution in [2.75, 3.05) is 0 Å². The number of carbonyl (C=O) groups excluding carboxylic acids is 2. The van der Waals surface area contributed by atoms with Crippen molar-refractivity contribution in [3.05, 3.63) is 0 Å². The molecule has 0 aliphatic heterocycles. The summed E-state index contributed by atoms with van der Waals surface area (Å²) in [7, 11) is 0. The van der Waals surface area contributed by atoms with Crippen LogP contribution in [-0.2, 0) is 19.2 Å². The summed E-state index contributed by atoms with van der Waals surface area (Å²) in [6, 6.07) is -1.29. The standard InChI is InChI=1S/C15H27N3O6/c1-3-7-14(17,12(21)22)10(19)6-5-9(16)11(20)15(18,8-4-2)13(23)24/h9H,3-8,16-18H2,1-2H3,(H,21,22)(H,23,24). The number of carboxylic acid groups (broad SMARTS) is 2. The predicted octanol–water partition coefficient (Wildman–Crippen LogP) is -0.603. The first-order chi connectivity index (χ1) is 11.0. The van der Waals surface area contributed by atoms with E-state index in [2.05, 4.69) is 0 Å². The van der Waals surface area contributed by atoms with Crippen LogP contribution < -0.4 is 17.2 Å². The van der Waals surface area contributed by atoms with Gasteiger partial charge in [-0.3, -0.25) is 9.59 Å². The summed E-state index contributed by atoms with van der Waals surface area (Å²) in [6.07, 6.45) is 0.0500. The van der Waals surface area contributed by atoms with Crippen LogP contribution in [0.1, 0.15) is 52.4 Å². The molecule has 0 saturated carbocycles. The quantitative estimate of drug-likeness (QED) is 0.288. The maximum absolute atomic E-state index is 12.2. The molecular weight excluding hydrogens is 318 g/mol. The molecule has 0 aliphatic carbocycles. The zero-order valence-electron chi connectivity index (χ0n) is 14.1. The van der Waals surface area contributed by atoms with Crippen LogP contribution in [0.5, 0.6) is 0 Å². The van der Waals surface area contributed by atoms with Gasteiger partial charge in [-0.1, -0.05) is 26.7 Å². The number of ketones is 2. The largest absolute Gasteiger partial charge is 0.480 e. The Morgan fingerprint density at radius 1 is 0.917 bits per heavy atom. The summed E-state index contributed by atoms with van der Waals surface area (Å²) in [5.74, 6) is -4.58. The molecular formula is C15H27N3O6. The van der Waals surface area contributed by atoms with Gasteiger partial charge in [0.15, 0.2) is 22.6 Å². The number of rotatable bonds is 12. The molecule has 8 N–H and O–H groups in total. The zero-order chi connectivity index (χ0) is 19.1. The molecule has 0 fully saturated rings. The van der Waals surface area contributed by atoms with Crippen molar-refractivity contribution in [3.8, 4) is 0 Å². The summed E-state index contributed by atoms with van der Waals surface area (Å²) in [4.78, 5) is 46.8. The molecule has 0 heterocycles. The molecule has 0 aromatic carbocycles. The second kappa shape index (κ2) is 8.86. The van der Waals surface area contributed by atoms with Crippen molar-refractivity contribution in [1.82, 2.24) is 0 Å². The van der Waals surface area contributed by atoms with E-state index in [-0.39, 0.29) is 25.7 Å². The minimum atomic E-state index is -2.12. The number of hydrogen-bond donors (Lipinski definition) is 5. The van der Waals surface area contributed by atoms with Crippen molar-refractivity contribution < 1.29 is 29.4 Å². The lowest BCUT2D eigenvalue weighted by Crippen LogP contribution is -2.60. The first-order valence-corrected chi connectivity index (χ1v) is 7.85. The number of nitrogens with two attached hydrogens (primary N) is 3. The van der Waals surface area contributed by atoms with Gasteiger partial charge < -0.3 is 27.4 Å². The number of Topliss-reactive ketones (excluding diaryl/α,β-unsaturated/α-hetero) is 2. The van der Waals surface area contributed by atoms with Crippen LogP contribution in [0.2, 0.25) is 0 Å². The Morgan fingerprint density at radius 3 is 1.71 bits per heavy atom. The van der Waals surface area contributed by atoms with Crippen molar-refractivity contribution in [2.45, 2.75) is 69.5 Å². The Hall–Kier alpha value is -1.84. The third-order valence-corrected chi connectivity index (χ3v) is 4.01. The van der Waals surface area contributed by atoms with Crippen LogP contribution in [-0.4, -0.2) is 50.8 Å². The summed E-state index contributed by atoms with van der Waals surface area (Å²) >= 11 is 0. The highest BCUT2D eigenvalue weighted by atomic mass is 16.4. The maximum atomic E-state index is 12.2. The Morgan fingerprint density at radius 2 is 1.33 bits per heavy atom. The highest BCUT2D eigenvalue weighted by molar-refractivity contribution is 6.10. The van der Waals surface area contributed by atoms with E-state index < -0.39 is 40.6 Å². The summed E-state index contributed by atoms with van der Waals surface area (Å²) in [5, 5.41) is 18.3. The van der Waals surface area contributed by atoms with Crippen molar-refractivity contribution in [3.63, 3.8) is 0 Å². The van der Waals surface area contributed by atoms with Crippen LogP contribution >= 0.6 is 0 Å². The SMILES string of the molecule is CCCC(N)(C(=O)O)C(=O)CCC(N)C(=O)C(N)(CCC)C(=O)O. The minimum absolute atomic E-state index is 0.0455. The van der Waals surface area contributed by atoms with Gasteiger partial charge in [0.2, 0.25) is 0 Å². The summed E-state index contributed by atoms with van der Waals surface area (Å²) in [6.45, 7) is 3.36. The van der Waals surface area contributed by atoms with Crippen LogP contribution in [0.4, 0.5) is 0 Å². The lowest BCUT2D eigenvalue weighted by atomic mass is 9.82. The monoisotopic (exact) mass is 345 g/mol. The molecule has 0 bridgehead atoms. The Bertz CT molecular complexity index is 509. The van der Waals surface area contributed by atoms with Gasteiger partial charge >= 0.3 is 11.9 Å². The first kappa shape index (κ1) is 22.2. The molecule has 0 saturated heterocycles. The van der Waals surface area contributed by atoms with Crippen molar-refractivity contribution >= 4 is 23.5 Å². The van der Waals surface area contributed by atoms with E-state index in [0.29, 0.717) is 12.8 Å². The topological polar surface area (TPSA) is 187 Å². The van der Waals surface area contributed by atoms with E-state index >= 15 is 0 Å². The van der Waals surface area contributed by atoms with E-state index in [1.807, 2.05) is 0 Å². The van der Waals surface area contributed by atoms with Gasteiger partial charge in [0.25, 0.3) is 0 Å². The predicted molar refractivity (Wildman–Crippen MR) is 86.1 cm³/mol. The molecule has 3 atom stereocenters. The fourth-order valence-electron chi connectivity index (χ4n) is 2.46. The fraction of sp³-hybridized carbons (Fsp3) is 0.733. The van der Waals surface area contributed by atoms with Crippen LogP contribution in [0.15, 0.2) is 0 Å². The number of aliphatic carboxylic acids is 2. The highest BCUT2D eigenvalue weighted by Crippen LogP contribution is 2.18. The third-order valence-electron chi connectivity index (χ3n) is 4.01. The summed E-state index contributed by atoms with van der Waals surface area (Å²) in [5.41, 5.74) is 12.8. The van der Waals surface area contributed by atoms with E-state index in [4.69, 9.17) is 27.4 Å².